The second kappa shape index (κ2) is 8.82. The summed E-state index contributed by atoms with van der Waals surface area (Å²) < 4.78 is 14.7. The third-order valence-corrected chi connectivity index (χ3v) is 13.1. The highest BCUT2D eigenvalue weighted by atomic mass is 28.4. The van der Waals surface area contributed by atoms with Crippen molar-refractivity contribution in [3.8, 4) is 0 Å². The molecule has 0 heterocycles. The standard InChI is InChI=1S/C16H37NO2Si2/c1-7-21(8-2,9-3)17(15-19-20(5,6)18-4)16-13-11-10-12-14-16/h16H,7-15H2,1-6H3. The van der Waals surface area contributed by atoms with Crippen molar-refractivity contribution in [2.75, 3.05) is 13.8 Å². The molecule has 0 aliphatic heterocycles. The Kier molecular flexibility index (Phi) is 8.13. The van der Waals surface area contributed by atoms with Gasteiger partial charge in [0.25, 0.3) is 0 Å². The van der Waals surface area contributed by atoms with Gasteiger partial charge < -0.3 is 8.85 Å². The van der Waals surface area contributed by atoms with Crippen LogP contribution in [0, 0.1) is 0 Å². The molecule has 0 spiro atoms. The van der Waals surface area contributed by atoms with Gasteiger partial charge in [0.15, 0.2) is 0 Å². The molecule has 0 saturated heterocycles. The lowest BCUT2D eigenvalue weighted by Gasteiger charge is -2.47. The fourth-order valence-electron chi connectivity index (χ4n) is 3.67. The zero-order chi connectivity index (χ0) is 15.9. The van der Waals surface area contributed by atoms with Crippen molar-refractivity contribution in [3.63, 3.8) is 0 Å². The average molecular weight is 332 g/mol. The minimum absolute atomic E-state index is 0.756. The Bertz CT molecular complexity index is 282. The smallest absolute Gasteiger partial charge is 0.332 e. The number of nitrogens with zero attached hydrogens (tertiary/aromatic N) is 1. The van der Waals surface area contributed by atoms with Crippen LogP contribution in [0.1, 0.15) is 52.9 Å². The molecule has 0 radical (unpaired) electrons. The van der Waals surface area contributed by atoms with Crippen molar-refractivity contribution in [2.45, 2.75) is 90.1 Å². The Morgan fingerprint density at radius 3 is 1.90 bits per heavy atom. The van der Waals surface area contributed by atoms with Gasteiger partial charge in [0.2, 0.25) is 0 Å². The van der Waals surface area contributed by atoms with E-state index in [-0.39, 0.29) is 0 Å². The van der Waals surface area contributed by atoms with Crippen molar-refractivity contribution < 1.29 is 8.85 Å². The van der Waals surface area contributed by atoms with E-state index in [1.807, 2.05) is 0 Å². The molecule has 1 fully saturated rings. The van der Waals surface area contributed by atoms with Crippen LogP contribution in [0.3, 0.4) is 0 Å². The summed E-state index contributed by atoms with van der Waals surface area (Å²) in [6.45, 7) is 12.3. The summed E-state index contributed by atoms with van der Waals surface area (Å²) in [6.07, 6.45) is 6.95. The van der Waals surface area contributed by atoms with Gasteiger partial charge in [-0.3, -0.25) is 4.57 Å². The second-order valence-electron chi connectivity index (χ2n) is 6.92. The predicted molar refractivity (Wildman–Crippen MR) is 96.4 cm³/mol. The number of rotatable bonds is 9. The zero-order valence-corrected chi connectivity index (χ0v) is 17.2. The Labute approximate surface area is 134 Å². The molecule has 0 aromatic carbocycles. The fraction of sp³-hybridized carbons (Fsp3) is 1.00. The van der Waals surface area contributed by atoms with Gasteiger partial charge in [-0.2, -0.15) is 0 Å². The SMILES string of the molecule is CC[Si](CC)(CC)N(CO[Si](C)(C)OC)C1CCCCC1. The molecular formula is C16H37NO2Si2. The zero-order valence-electron chi connectivity index (χ0n) is 15.2. The molecule has 21 heavy (non-hydrogen) atoms. The van der Waals surface area contributed by atoms with E-state index in [9.17, 15) is 0 Å². The first-order valence-electron chi connectivity index (χ1n) is 8.90. The Morgan fingerprint density at radius 2 is 1.48 bits per heavy atom. The minimum Gasteiger partial charge on any atom is -0.398 e. The van der Waals surface area contributed by atoms with Crippen LogP contribution < -0.4 is 0 Å². The van der Waals surface area contributed by atoms with Gasteiger partial charge in [0.1, 0.15) is 8.24 Å². The van der Waals surface area contributed by atoms with E-state index in [2.05, 4.69) is 38.4 Å². The lowest BCUT2D eigenvalue weighted by Crippen LogP contribution is -2.59. The third kappa shape index (κ3) is 5.17. The minimum atomic E-state index is -1.94. The summed E-state index contributed by atoms with van der Waals surface area (Å²) in [5.41, 5.74) is 0. The summed E-state index contributed by atoms with van der Waals surface area (Å²) >= 11 is 0. The molecule has 1 aliphatic carbocycles. The summed E-state index contributed by atoms with van der Waals surface area (Å²) in [6, 6.07) is 4.78. The molecule has 5 heteroatoms. The maximum absolute atomic E-state index is 6.28. The number of hydrogen-bond donors (Lipinski definition) is 0. The van der Waals surface area contributed by atoms with Crippen molar-refractivity contribution >= 4 is 16.8 Å². The van der Waals surface area contributed by atoms with Crippen molar-refractivity contribution in [2.24, 2.45) is 0 Å². The highest BCUT2D eigenvalue weighted by molar-refractivity contribution is 6.77. The van der Waals surface area contributed by atoms with Crippen LogP contribution in [-0.2, 0) is 8.85 Å². The Hall–Kier alpha value is 0.314. The molecule has 0 atom stereocenters. The molecule has 1 rings (SSSR count). The Morgan fingerprint density at radius 1 is 0.952 bits per heavy atom. The second-order valence-corrected chi connectivity index (χ2v) is 15.6. The first-order chi connectivity index (χ1) is 9.94. The van der Waals surface area contributed by atoms with E-state index in [1.54, 1.807) is 7.11 Å². The quantitative estimate of drug-likeness (QED) is 0.441. The van der Waals surface area contributed by atoms with Gasteiger partial charge >= 0.3 is 8.56 Å². The van der Waals surface area contributed by atoms with Gasteiger partial charge in [-0.1, -0.05) is 40.0 Å². The highest BCUT2D eigenvalue weighted by Crippen LogP contribution is 2.33. The van der Waals surface area contributed by atoms with Crippen molar-refractivity contribution in [1.29, 1.82) is 0 Å². The lowest BCUT2D eigenvalue weighted by atomic mass is 9.96. The number of hydrogen-bond acceptors (Lipinski definition) is 3. The average Bonchev–Trinajstić information content (AvgIpc) is 2.52. The van der Waals surface area contributed by atoms with Gasteiger partial charge in [-0.05, 0) is 44.1 Å². The van der Waals surface area contributed by atoms with E-state index < -0.39 is 16.8 Å². The molecule has 0 amide bonds. The van der Waals surface area contributed by atoms with Crippen LogP contribution in [0.15, 0.2) is 0 Å². The van der Waals surface area contributed by atoms with E-state index in [0.29, 0.717) is 0 Å². The maximum Gasteiger partial charge on any atom is 0.332 e. The fourth-order valence-corrected chi connectivity index (χ4v) is 8.45. The largest absolute Gasteiger partial charge is 0.398 e. The molecule has 3 nitrogen and oxygen atoms in total. The highest BCUT2D eigenvalue weighted by Gasteiger charge is 2.40. The van der Waals surface area contributed by atoms with Crippen LogP contribution >= 0.6 is 0 Å². The van der Waals surface area contributed by atoms with E-state index in [4.69, 9.17) is 8.85 Å². The maximum atomic E-state index is 6.28. The van der Waals surface area contributed by atoms with E-state index in [0.717, 1.165) is 12.8 Å². The molecular weight excluding hydrogens is 294 g/mol. The lowest BCUT2D eigenvalue weighted by molar-refractivity contribution is 0.0985. The molecule has 0 bridgehead atoms. The summed E-state index contributed by atoms with van der Waals surface area (Å²) in [4.78, 5) is 0. The van der Waals surface area contributed by atoms with Crippen molar-refractivity contribution in [1.82, 2.24) is 4.57 Å². The summed E-state index contributed by atoms with van der Waals surface area (Å²) in [5, 5.41) is 0. The van der Waals surface area contributed by atoms with Crippen LogP contribution in [0.4, 0.5) is 0 Å². The van der Waals surface area contributed by atoms with Gasteiger partial charge in [-0.25, -0.2) is 0 Å². The predicted octanol–water partition coefficient (Wildman–Crippen LogP) is 4.95. The molecule has 1 saturated carbocycles. The van der Waals surface area contributed by atoms with Gasteiger partial charge in [-0.15, -0.1) is 0 Å². The van der Waals surface area contributed by atoms with E-state index >= 15 is 0 Å². The van der Waals surface area contributed by atoms with Gasteiger partial charge in [0.05, 0.1) is 6.73 Å². The summed E-state index contributed by atoms with van der Waals surface area (Å²) in [5.74, 6) is 0. The van der Waals surface area contributed by atoms with Crippen molar-refractivity contribution in [3.05, 3.63) is 0 Å². The Balaban J connectivity index is 2.87. The first-order valence-corrected chi connectivity index (χ1v) is 14.3. The topological polar surface area (TPSA) is 21.7 Å². The molecule has 0 N–H and O–H groups in total. The van der Waals surface area contributed by atoms with E-state index in [1.165, 1.54) is 50.2 Å². The molecule has 0 aromatic rings. The van der Waals surface area contributed by atoms with Crippen LogP contribution in [-0.4, -0.2) is 41.2 Å². The normalized spacial score (nSPS) is 18.4. The van der Waals surface area contributed by atoms with Crippen LogP contribution in [0.5, 0.6) is 0 Å². The van der Waals surface area contributed by atoms with Crippen LogP contribution in [0.25, 0.3) is 0 Å². The van der Waals surface area contributed by atoms with Crippen LogP contribution in [0.2, 0.25) is 31.2 Å². The monoisotopic (exact) mass is 331 g/mol. The molecule has 0 aromatic heterocycles. The molecule has 1 aliphatic rings. The summed E-state index contributed by atoms with van der Waals surface area (Å²) in [7, 11) is -1.52. The third-order valence-electron chi connectivity index (χ3n) is 5.64. The van der Waals surface area contributed by atoms with Gasteiger partial charge in [0, 0.05) is 13.2 Å². The molecule has 0 unspecified atom stereocenters. The molecule has 126 valence electrons. The first kappa shape index (κ1) is 19.4.